The second-order valence-corrected chi connectivity index (χ2v) is 5.11. The van der Waals surface area contributed by atoms with Crippen LogP contribution in [0.3, 0.4) is 0 Å². The highest BCUT2D eigenvalue weighted by Crippen LogP contribution is 2.34. The number of aryl methyl sites for hydroxylation is 1. The summed E-state index contributed by atoms with van der Waals surface area (Å²) in [5, 5.41) is 12.7. The zero-order chi connectivity index (χ0) is 12.6. The molecule has 92 valence electrons. The largest absolute Gasteiger partial charge is 0.508 e. The van der Waals surface area contributed by atoms with Gasteiger partial charge in [0, 0.05) is 6.04 Å². The van der Waals surface area contributed by atoms with Crippen LogP contribution in [0.25, 0.3) is 0 Å². The fraction of sp³-hybridized carbons (Fsp3) is 0.462. The molecule has 17 heavy (non-hydrogen) atoms. The lowest BCUT2D eigenvalue weighted by atomic mass is 10.0. The number of nitrogens with one attached hydrogen (secondary N) is 1. The van der Waals surface area contributed by atoms with Crippen LogP contribution in [0, 0.1) is 0 Å². The Morgan fingerprint density at radius 3 is 2.88 bits per heavy atom. The van der Waals surface area contributed by atoms with E-state index in [0.717, 1.165) is 24.0 Å². The van der Waals surface area contributed by atoms with E-state index in [1.54, 1.807) is 26.0 Å². The molecule has 0 heterocycles. The molecule has 4 nitrogen and oxygen atoms in total. The second-order valence-electron chi connectivity index (χ2n) is 5.11. The van der Waals surface area contributed by atoms with Crippen LogP contribution in [0.2, 0.25) is 0 Å². The molecule has 2 rings (SSSR count). The number of hydrogen-bond acceptors (Lipinski definition) is 3. The highest BCUT2D eigenvalue weighted by Gasteiger charge is 2.31. The van der Waals surface area contributed by atoms with Crippen molar-refractivity contribution in [2.45, 2.75) is 38.3 Å². The predicted molar refractivity (Wildman–Crippen MR) is 65.6 cm³/mol. The number of fused-ring (bicyclic) bond motifs is 1. The van der Waals surface area contributed by atoms with Gasteiger partial charge >= 0.3 is 0 Å². The molecular weight excluding hydrogens is 216 g/mol. The Labute approximate surface area is 101 Å². The van der Waals surface area contributed by atoms with E-state index < -0.39 is 5.54 Å². The molecule has 0 saturated carbocycles. The lowest BCUT2D eigenvalue weighted by molar-refractivity contribution is -0.123. The van der Waals surface area contributed by atoms with Crippen LogP contribution < -0.4 is 11.1 Å². The van der Waals surface area contributed by atoms with Crippen LogP contribution in [-0.2, 0) is 11.2 Å². The lowest BCUT2D eigenvalue weighted by Gasteiger charge is -2.27. The average Bonchev–Trinajstić information content (AvgIpc) is 2.60. The first-order chi connectivity index (χ1) is 7.90. The summed E-state index contributed by atoms with van der Waals surface area (Å²) in [5.74, 6) is -0.0664. The highest BCUT2D eigenvalue weighted by atomic mass is 16.3. The third-order valence-corrected chi connectivity index (χ3v) is 3.36. The molecule has 1 aromatic carbocycles. The first-order valence-corrected chi connectivity index (χ1v) is 5.79. The summed E-state index contributed by atoms with van der Waals surface area (Å²) in [6.45, 7) is 3.57. The Hall–Kier alpha value is -1.55. The number of amides is 1. The van der Waals surface area contributed by atoms with E-state index in [2.05, 4.69) is 5.32 Å². The Morgan fingerprint density at radius 2 is 2.24 bits per heavy atom. The predicted octanol–water partition coefficient (Wildman–Crippen LogP) is 1.23. The Bertz CT molecular complexity index is 455. The molecule has 1 aliphatic carbocycles. The van der Waals surface area contributed by atoms with Gasteiger partial charge < -0.3 is 10.8 Å². The number of carbonyl (C=O) groups excluding carboxylic acids is 1. The molecular formula is C13H18N2O2. The number of aromatic hydroxyl groups is 1. The number of benzene rings is 1. The molecule has 0 saturated heterocycles. The smallest absolute Gasteiger partial charge is 0.237 e. The standard InChI is InChI=1S/C13H18N2O2/c1-13(2,12(14)17)15-11-6-3-8-7-9(16)4-5-10(8)11/h4-5,7,11,15-16H,3,6H2,1-2H3,(H2,14,17). The molecule has 0 aliphatic heterocycles. The van der Waals surface area contributed by atoms with Crippen molar-refractivity contribution in [1.82, 2.24) is 5.32 Å². The minimum atomic E-state index is -0.718. The van der Waals surface area contributed by atoms with Gasteiger partial charge in [-0.1, -0.05) is 6.07 Å². The maximum atomic E-state index is 11.3. The first kappa shape index (κ1) is 11.9. The van der Waals surface area contributed by atoms with Gasteiger partial charge in [-0.2, -0.15) is 0 Å². The van der Waals surface area contributed by atoms with E-state index >= 15 is 0 Å². The number of phenolic OH excluding ortho intramolecular Hbond substituents is 1. The molecule has 0 radical (unpaired) electrons. The van der Waals surface area contributed by atoms with Crippen LogP contribution in [0.15, 0.2) is 18.2 Å². The van der Waals surface area contributed by atoms with E-state index in [9.17, 15) is 9.90 Å². The number of hydrogen-bond donors (Lipinski definition) is 3. The minimum Gasteiger partial charge on any atom is -0.508 e. The van der Waals surface area contributed by atoms with Crippen molar-refractivity contribution in [2.24, 2.45) is 5.73 Å². The molecule has 0 aromatic heterocycles. The summed E-state index contributed by atoms with van der Waals surface area (Å²) < 4.78 is 0. The van der Waals surface area contributed by atoms with E-state index in [-0.39, 0.29) is 11.9 Å². The second kappa shape index (κ2) is 4.04. The lowest BCUT2D eigenvalue weighted by Crippen LogP contribution is -2.51. The Balaban J connectivity index is 2.20. The van der Waals surface area contributed by atoms with Crippen molar-refractivity contribution in [3.63, 3.8) is 0 Å². The van der Waals surface area contributed by atoms with Gasteiger partial charge in [0.2, 0.25) is 5.91 Å². The number of phenols is 1. The Morgan fingerprint density at radius 1 is 1.53 bits per heavy atom. The zero-order valence-electron chi connectivity index (χ0n) is 10.2. The zero-order valence-corrected chi connectivity index (χ0v) is 10.2. The fourth-order valence-electron chi connectivity index (χ4n) is 2.26. The van der Waals surface area contributed by atoms with E-state index in [0.29, 0.717) is 5.75 Å². The maximum absolute atomic E-state index is 11.3. The van der Waals surface area contributed by atoms with Crippen molar-refractivity contribution in [3.8, 4) is 5.75 Å². The summed E-state index contributed by atoms with van der Waals surface area (Å²) in [6.07, 6.45) is 1.84. The highest BCUT2D eigenvalue weighted by molar-refractivity contribution is 5.83. The van der Waals surface area contributed by atoms with Crippen LogP contribution in [-0.4, -0.2) is 16.6 Å². The molecule has 1 aromatic rings. The Kier molecular flexibility index (Phi) is 2.83. The van der Waals surface area contributed by atoms with Crippen molar-refractivity contribution < 1.29 is 9.90 Å². The van der Waals surface area contributed by atoms with E-state index in [1.807, 2.05) is 6.07 Å². The maximum Gasteiger partial charge on any atom is 0.237 e. The topological polar surface area (TPSA) is 75.3 Å². The normalized spacial score (nSPS) is 19.1. The number of primary amides is 1. The molecule has 0 fully saturated rings. The van der Waals surface area contributed by atoms with Gasteiger partial charge in [0.25, 0.3) is 0 Å². The van der Waals surface area contributed by atoms with Crippen LogP contribution in [0.4, 0.5) is 0 Å². The molecule has 0 bridgehead atoms. The summed E-state index contributed by atoms with van der Waals surface area (Å²) in [7, 11) is 0. The minimum absolute atomic E-state index is 0.132. The molecule has 4 heteroatoms. The van der Waals surface area contributed by atoms with Crippen LogP contribution in [0.5, 0.6) is 5.75 Å². The van der Waals surface area contributed by atoms with E-state index in [4.69, 9.17) is 5.73 Å². The van der Waals surface area contributed by atoms with Crippen LogP contribution in [0.1, 0.15) is 37.4 Å². The summed E-state index contributed by atoms with van der Waals surface area (Å²) >= 11 is 0. The van der Waals surface area contributed by atoms with Gasteiger partial charge in [-0.05, 0) is 49.9 Å². The van der Waals surface area contributed by atoms with Gasteiger partial charge in [-0.25, -0.2) is 0 Å². The molecule has 4 N–H and O–H groups in total. The van der Waals surface area contributed by atoms with Gasteiger partial charge in [0.1, 0.15) is 5.75 Å². The van der Waals surface area contributed by atoms with Gasteiger partial charge in [-0.15, -0.1) is 0 Å². The number of rotatable bonds is 3. The van der Waals surface area contributed by atoms with Gasteiger partial charge in [0.15, 0.2) is 0 Å². The monoisotopic (exact) mass is 234 g/mol. The molecule has 1 amide bonds. The van der Waals surface area contributed by atoms with Crippen molar-refractivity contribution >= 4 is 5.91 Å². The molecule has 1 atom stereocenters. The third-order valence-electron chi connectivity index (χ3n) is 3.36. The van der Waals surface area contributed by atoms with E-state index in [1.165, 1.54) is 0 Å². The fourth-order valence-corrected chi connectivity index (χ4v) is 2.26. The van der Waals surface area contributed by atoms with Crippen LogP contribution >= 0.6 is 0 Å². The number of carbonyl (C=O) groups is 1. The summed E-state index contributed by atoms with van der Waals surface area (Å²) in [6, 6.07) is 5.50. The quantitative estimate of drug-likeness (QED) is 0.736. The van der Waals surface area contributed by atoms with Crippen molar-refractivity contribution in [1.29, 1.82) is 0 Å². The van der Waals surface area contributed by atoms with Gasteiger partial charge in [-0.3, -0.25) is 10.1 Å². The molecule has 1 unspecified atom stereocenters. The van der Waals surface area contributed by atoms with Crippen molar-refractivity contribution in [3.05, 3.63) is 29.3 Å². The third kappa shape index (κ3) is 2.26. The summed E-state index contributed by atoms with van der Waals surface area (Å²) in [4.78, 5) is 11.3. The SMILES string of the molecule is CC(C)(NC1CCc2cc(O)ccc21)C(N)=O. The average molecular weight is 234 g/mol. The van der Waals surface area contributed by atoms with Crippen molar-refractivity contribution in [2.75, 3.05) is 0 Å². The molecule has 0 spiro atoms. The summed E-state index contributed by atoms with van der Waals surface area (Å²) in [5.41, 5.74) is 6.92. The molecule has 1 aliphatic rings. The number of nitrogens with two attached hydrogens (primary N) is 1. The first-order valence-electron chi connectivity index (χ1n) is 5.79. The van der Waals surface area contributed by atoms with Gasteiger partial charge in [0.05, 0.1) is 5.54 Å².